The van der Waals surface area contributed by atoms with Crippen LogP contribution in [0.4, 0.5) is 0 Å². The number of rotatable bonds is 4. The lowest BCUT2D eigenvalue weighted by molar-refractivity contribution is -0.126. The van der Waals surface area contributed by atoms with E-state index in [1.807, 2.05) is 24.3 Å². The second-order valence-electron chi connectivity index (χ2n) is 5.11. The fraction of sp³-hybridized carbons (Fsp3) is 0.250. The minimum atomic E-state index is -1.13. The Morgan fingerprint density at radius 1 is 1.23 bits per heavy atom. The van der Waals surface area contributed by atoms with Crippen molar-refractivity contribution < 1.29 is 23.8 Å². The van der Waals surface area contributed by atoms with Gasteiger partial charge in [-0.2, -0.15) is 0 Å². The molecule has 1 amide bonds. The zero-order chi connectivity index (χ0) is 15.5. The molecule has 1 aromatic heterocycles. The zero-order valence-corrected chi connectivity index (χ0v) is 11.7. The lowest BCUT2D eigenvalue weighted by Crippen LogP contribution is -2.36. The van der Waals surface area contributed by atoms with E-state index < -0.39 is 5.97 Å². The Kier molecular flexibility index (Phi) is 3.82. The van der Waals surface area contributed by atoms with Crippen molar-refractivity contribution in [3.8, 4) is 5.75 Å². The Bertz CT molecular complexity index is 706. The Balaban J connectivity index is 1.57. The molecule has 2 aromatic rings. The summed E-state index contributed by atoms with van der Waals surface area (Å²) in [7, 11) is 0. The molecule has 114 valence electrons. The van der Waals surface area contributed by atoms with Gasteiger partial charge in [-0.25, -0.2) is 4.79 Å². The van der Waals surface area contributed by atoms with Crippen molar-refractivity contribution in [3.05, 3.63) is 53.5 Å². The second kappa shape index (κ2) is 5.93. The molecule has 6 nitrogen and oxygen atoms in total. The van der Waals surface area contributed by atoms with Crippen molar-refractivity contribution in [2.24, 2.45) is 5.92 Å². The first-order valence-corrected chi connectivity index (χ1v) is 6.94. The quantitative estimate of drug-likeness (QED) is 0.899. The summed E-state index contributed by atoms with van der Waals surface area (Å²) >= 11 is 0. The minimum absolute atomic E-state index is 0.136. The van der Waals surface area contributed by atoms with Gasteiger partial charge in [0, 0.05) is 0 Å². The second-order valence-corrected chi connectivity index (χ2v) is 5.11. The molecule has 2 N–H and O–H groups in total. The van der Waals surface area contributed by atoms with Crippen LogP contribution in [0.15, 0.2) is 40.8 Å². The average Bonchev–Trinajstić information content (AvgIpc) is 3.01. The third kappa shape index (κ3) is 2.95. The normalized spacial score (nSPS) is 16.5. The first kappa shape index (κ1) is 14.2. The number of carbonyl (C=O) groups excluding carboxylic acids is 1. The summed E-state index contributed by atoms with van der Waals surface area (Å²) in [4.78, 5) is 22.9. The van der Waals surface area contributed by atoms with Crippen LogP contribution in [0.25, 0.3) is 0 Å². The molecule has 0 unspecified atom stereocenters. The number of nitrogens with one attached hydrogen (secondary N) is 1. The molecule has 0 saturated heterocycles. The van der Waals surface area contributed by atoms with Crippen LogP contribution in [0, 0.1) is 5.92 Å². The Morgan fingerprint density at radius 3 is 2.82 bits per heavy atom. The number of ether oxygens (including phenoxy) is 1. The number of hydrogen-bond donors (Lipinski definition) is 2. The maximum Gasteiger partial charge on any atom is 0.371 e. The smallest absolute Gasteiger partial charge is 0.371 e. The Morgan fingerprint density at radius 2 is 2.05 bits per heavy atom. The summed E-state index contributed by atoms with van der Waals surface area (Å²) in [5.41, 5.74) is 1.01. The predicted octanol–water partition coefficient (Wildman–Crippen LogP) is 1.85. The molecule has 0 aliphatic carbocycles. The van der Waals surface area contributed by atoms with E-state index >= 15 is 0 Å². The fourth-order valence-corrected chi connectivity index (χ4v) is 2.40. The highest BCUT2D eigenvalue weighted by Gasteiger charge is 2.25. The van der Waals surface area contributed by atoms with Crippen molar-refractivity contribution in [1.29, 1.82) is 0 Å². The predicted molar refractivity (Wildman–Crippen MR) is 76.6 cm³/mol. The minimum Gasteiger partial charge on any atom is -0.492 e. The molecule has 0 radical (unpaired) electrons. The van der Waals surface area contributed by atoms with Crippen molar-refractivity contribution in [1.82, 2.24) is 5.32 Å². The number of amides is 1. The molecule has 0 fully saturated rings. The van der Waals surface area contributed by atoms with Crippen LogP contribution in [-0.4, -0.2) is 23.6 Å². The van der Waals surface area contributed by atoms with E-state index in [4.69, 9.17) is 14.3 Å². The van der Waals surface area contributed by atoms with Gasteiger partial charge in [-0.15, -0.1) is 0 Å². The fourth-order valence-electron chi connectivity index (χ4n) is 2.40. The number of carbonyl (C=O) groups is 2. The summed E-state index contributed by atoms with van der Waals surface area (Å²) in [6.07, 6.45) is 0.626. The van der Waals surface area contributed by atoms with E-state index in [1.54, 1.807) is 0 Å². The van der Waals surface area contributed by atoms with Crippen molar-refractivity contribution >= 4 is 11.9 Å². The van der Waals surface area contributed by atoms with Crippen molar-refractivity contribution in [2.75, 3.05) is 6.61 Å². The van der Waals surface area contributed by atoms with E-state index in [1.165, 1.54) is 12.1 Å². The van der Waals surface area contributed by atoms with Crippen LogP contribution in [-0.2, 0) is 17.8 Å². The average molecular weight is 301 g/mol. The third-order valence-electron chi connectivity index (χ3n) is 3.56. The molecule has 1 atom stereocenters. The van der Waals surface area contributed by atoms with E-state index in [2.05, 4.69) is 5.32 Å². The summed E-state index contributed by atoms with van der Waals surface area (Å²) in [6, 6.07) is 10.6. The number of furan rings is 1. The van der Waals surface area contributed by atoms with Crippen LogP contribution in [0.1, 0.15) is 21.9 Å². The number of carboxylic acids is 1. The third-order valence-corrected chi connectivity index (χ3v) is 3.56. The number of aromatic carboxylic acids is 1. The number of benzene rings is 1. The van der Waals surface area contributed by atoms with Crippen molar-refractivity contribution in [2.45, 2.75) is 13.0 Å². The highest BCUT2D eigenvalue weighted by Crippen LogP contribution is 2.26. The highest BCUT2D eigenvalue weighted by molar-refractivity contribution is 5.84. The lowest BCUT2D eigenvalue weighted by atomic mass is 9.96. The standard InChI is InChI=1S/C16H15NO5/c18-15(17-8-12-5-6-14(22-12)16(19)20)11-7-10-3-1-2-4-13(10)21-9-11/h1-6,11H,7-9H2,(H,17,18)(H,19,20)/t11-/m0/s1. The maximum atomic E-state index is 12.2. The van der Waals surface area contributed by atoms with Gasteiger partial charge in [-0.3, -0.25) is 4.79 Å². The SMILES string of the molecule is O=C(O)c1ccc(CNC(=O)[C@@H]2COc3ccccc3C2)o1. The molecule has 0 saturated carbocycles. The maximum absolute atomic E-state index is 12.2. The van der Waals surface area contributed by atoms with Gasteiger partial charge in [-0.1, -0.05) is 18.2 Å². The van der Waals surface area contributed by atoms with Gasteiger partial charge in [0.25, 0.3) is 0 Å². The molecule has 1 aliphatic heterocycles. The van der Waals surface area contributed by atoms with E-state index in [-0.39, 0.29) is 24.1 Å². The first-order chi connectivity index (χ1) is 10.6. The Labute approximate surface area is 126 Å². The molecule has 0 spiro atoms. The van der Waals surface area contributed by atoms with Gasteiger partial charge in [0.05, 0.1) is 12.5 Å². The van der Waals surface area contributed by atoms with Gasteiger partial charge >= 0.3 is 5.97 Å². The first-order valence-electron chi connectivity index (χ1n) is 6.94. The van der Waals surface area contributed by atoms with Crippen LogP contribution in [0.2, 0.25) is 0 Å². The van der Waals surface area contributed by atoms with Gasteiger partial charge < -0.3 is 19.6 Å². The van der Waals surface area contributed by atoms with Gasteiger partial charge in [0.15, 0.2) is 0 Å². The molecule has 0 bridgehead atoms. The summed E-state index contributed by atoms with van der Waals surface area (Å²) in [5.74, 6) is -0.438. The van der Waals surface area contributed by atoms with Crippen molar-refractivity contribution in [3.63, 3.8) is 0 Å². The zero-order valence-electron chi connectivity index (χ0n) is 11.7. The lowest BCUT2D eigenvalue weighted by Gasteiger charge is -2.24. The number of hydrogen-bond acceptors (Lipinski definition) is 4. The molecule has 1 aromatic carbocycles. The van der Waals surface area contributed by atoms with Gasteiger partial charge in [0.1, 0.15) is 18.1 Å². The Hall–Kier alpha value is -2.76. The molecule has 1 aliphatic rings. The van der Waals surface area contributed by atoms with E-state index in [0.29, 0.717) is 18.8 Å². The summed E-state index contributed by atoms with van der Waals surface area (Å²) < 4.78 is 10.7. The molecular weight excluding hydrogens is 286 g/mol. The van der Waals surface area contributed by atoms with Crippen LogP contribution < -0.4 is 10.1 Å². The highest BCUT2D eigenvalue weighted by atomic mass is 16.5. The molecular formula is C16H15NO5. The molecule has 2 heterocycles. The number of carboxylic acid groups (broad SMARTS) is 1. The van der Waals surface area contributed by atoms with Gasteiger partial charge in [0.2, 0.25) is 11.7 Å². The largest absolute Gasteiger partial charge is 0.492 e. The van der Waals surface area contributed by atoms with Crippen LogP contribution in [0.3, 0.4) is 0 Å². The van der Waals surface area contributed by atoms with E-state index in [9.17, 15) is 9.59 Å². The summed E-state index contributed by atoms with van der Waals surface area (Å²) in [5, 5.41) is 11.5. The topological polar surface area (TPSA) is 88.8 Å². The monoisotopic (exact) mass is 301 g/mol. The van der Waals surface area contributed by atoms with E-state index in [0.717, 1.165) is 11.3 Å². The summed E-state index contributed by atoms with van der Waals surface area (Å²) in [6.45, 7) is 0.492. The molecule has 22 heavy (non-hydrogen) atoms. The number of para-hydroxylation sites is 1. The van der Waals surface area contributed by atoms with Crippen LogP contribution >= 0.6 is 0 Å². The van der Waals surface area contributed by atoms with Crippen LogP contribution in [0.5, 0.6) is 5.75 Å². The van der Waals surface area contributed by atoms with Gasteiger partial charge in [-0.05, 0) is 30.2 Å². The molecule has 6 heteroatoms. The number of fused-ring (bicyclic) bond motifs is 1. The molecule has 3 rings (SSSR count).